The van der Waals surface area contributed by atoms with Crippen molar-refractivity contribution in [3.8, 4) is 12.3 Å². The van der Waals surface area contributed by atoms with Crippen LogP contribution in [-0.2, 0) is 14.3 Å². The molecule has 1 atom stereocenters. The molecule has 2 aliphatic heterocycles. The highest BCUT2D eigenvalue weighted by Gasteiger charge is 2.24. The number of carbonyl (C=O) groups excluding carboxylic acids is 1. The lowest BCUT2D eigenvalue weighted by Gasteiger charge is -2.35. The molecule has 32 heavy (non-hydrogen) atoms. The predicted octanol–water partition coefficient (Wildman–Crippen LogP) is 3.24. The average molecular weight is 554 g/mol. The highest BCUT2D eigenvalue weighted by atomic mass is 127. The van der Waals surface area contributed by atoms with E-state index in [1.807, 2.05) is 25.1 Å². The van der Waals surface area contributed by atoms with Crippen molar-refractivity contribution in [3.05, 3.63) is 29.8 Å². The van der Waals surface area contributed by atoms with E-state index >= 15 is 0 Å². The third-order valence-corrected chi connectivity index (χ3v) is 5.55. The number of anilines is 1. The number of guanidine groups is 1. The monoisotopic (exact) mass is 554 g/mol. The summed E-state index contributed by atoms with van der Waals surface area (Å²) < 4.78 is 11.9. The van der Waals surface area contributed by atoms with Crippen LogP contribution in [0.15, 0.2) is 29.3 Å². The minimum absolute atomic E-state index is 0. The Kier molecular flexibility index (Phi) is 11.8. The Hall–Kier alpha value is -1.83. The van der Waals surface area contributed by atoms with Crippen LogP contribution in [0.25, 0.3) is 0 Å². The van der Waals surface area contributed by atoms with E-state index in [0.717, 1.165) is 63.4 Å². The van der Waals surface area contributed by atoms with Crippen molar-refractivity contribution in [2.24, 2.45) is 4.99 Å². The Morgan fingerprint density at radius 1 is 1.31 bits per heavy atom. The molecule has 1 aromatic carbocycles. The van der Waals surface area contributed by atoms with Crippen molar-refractivity contribution in [3.63, 3.8) is 0 Å². The summed E-state index contributed by atoms with van der Waals surface area (Å²) in [7, 11) is 0. The van der Waals surface area contributed by atoms with Crippen LogP contribution in [0.3, 0.4) is 0 Å². The molecule has 7 nitrogen and oxygen atoms in total. The molecule has 3 rings (SSSR count). The lowest BCUT2D eigenvalue weighted by molar-refractivity contribution is -0.114. The summed E-state index contributed by atoms with van der Waals surface area (Å²) in [5, 5.41) is 6.15. The van der Waals surface area contributed by atoms with Crippen molar-refractivity contribution in [1.82, 2.24) is 10.2 Å². The van der Waals surface area contributed by atoms with E-state index in [2.05, 4.69) is 26.4 Å². The van der Waals surface area contributed by atoms with Crippen LogP contribution in [0.5, 0.6) is 0 Å². The molecular formula is C24H35IN4O3. The molecular weight excluding hydrogens is 519 g/mol. The van der Waals surface area contributed by atoms with Gasteiger partial charge in [-0.15, -0.1) is 30.4 Å². The minimum atomic E-state index is -0.171. The summed E-state index contributed by atoms with van der Waals surface area (Å²) in [4.78, 5) is 19.1. The number of nitrogens with zero attached hydrogens (tertiary/aromatic N) is 2. The maximum Gasteiger partial charge on any atom is 0.246 e. The topological polar surface area (TPSA) is 75.2 Å². The number of hydrogen-bond donors (Lipinski definition) is 2. The number of carbonyl (C=O) groups is 1. The second-order valence-corrected chi connectivity index (χ2v) is 7.95. The van der Waals surface area contributed by atoms with Gasteiger partial charge in [-0.05, 0) is 57.2 Å². The zero-order valence-electron chi connectivity index (χ0n) is 18.8. The van der Waals surface area contributed by atoms with Gasteiger partial charge in [-0.25, -0.2) is 4.99 Å². The number of terminal acetylenes is 1. The molecule has 1 aromatic rings. The fourth-order valence-corrected chi connectivity index (χ4v) is 3.88. The Morgan fingerprint density at radius 2 is 2.12 bits per heavy atom. The van der Waals surface area contributed by atoms with E-state index in [9.17, 15) is 4.79 Å². The number of nitrogens with one attached hydrogen (secondary N) is 2. The molecule has 0 radical (unpaired) electrons. The summed E-state index contributed by atoms with van der Waals surface area (Å²) in [5.74, 6) is 3.17. The van der Waals surface area contributed by atoms with Crippen LogP contribution in [0, 0.1) is 12.3 Å². The Balaban J connectivity index is 0.00000363. The van der Waals surface area contributed by atoms with Gasteiger partial charge < -0.3 is 25.0 Å². The maximum absolute atomic E-state index is 12.3. The first-order valence-electron chi connectivity index (χ1n) is 11.3. The van der Waals surface area contributed by atoms with Crippen molar-refractivity contribution in [2.45, 2.75) is 51.2 Å². The first-order chi connectivity index (χ1) is 15.2. The zero-order valence-corrected chi connectivity index (χ0v) is 21.2. The molecule has 2 N–H and O–H groups in total. The number of ether oxygens (including phenoxy) is 2. The number of aliphatic imine (C=N–C) groups is 1. The number of rotatable bonds is 7. The predicted molar refractivity (Wildman–Crippen MR) is 139 cm³/mol. The molecule has 0 spiro atoms. The van der Waals surface area contributed by atoms with Crippen LogP contribution >= 0.6 is 24.0 Å². The van der Waals surface area contributed by atoms with Gasteiger partial charge >= 0.3 is 0 Å². The number of piperidine rings is 1. The van der Waals surface area contributed by atoms with Crippen LogP contribution < -0.4 is 10.6 Å². The van der Waals surface area contributed by atoms with Crippen molar-refractivity contribution < 1.29 is 14.3 Å². The molecule has 1 amide bonds. The van der Waals surface area contributed by atoms with Gasteiger partial charge in [0, 0.05) is 37.5 Å². The van der Waals surface area contributed by atoms with E-state index < -0.39 is 0 Å². The Morgan fingerprint density at radius 3 is 2.81 bits per heavy atom. The standard InChI is InChI=1S/C24H34N4O3.HI/c1-3-19-8-7-9-20(16-19)27-23(29)17-26-24(25-4-2)28-13-11-21(12-14-28)31-18-22-10-5-6-15-30-22;/h1,7-9,16,21-22H,4-6,10-15,17-18H2,2H3,(H,25,26)(H,27,29);1H. The quantitative estimate of drug-likeness (QED) is 0.234. The normalized spacial score (nSPS) is 19.6. The molecule has 2 aliphatic rings. The van der Waals surface area contributed by atoms with Gasteiger partial charge in [0.05, 0.1) is 18.8 Å². The van der Waals surface area contributed by atoms with Crippen molar-refractivity contribution in [2.75, 3.05) is 44.7 Å². The Bertz CT molecular complexity index is 782. The van der Waals surface area contributed by atoms with E-state index in [4.69, 9.17) is 15.9 Å². The summed E-state index contributed by atoms with van der Waals surface area (Å²) in [6.07, 6.45) is 11.3. The van der Waals surface area contributed by atoms with Gasteiger partial charge in [0.2, 0.25) is 5.91 Å². The fourth-order valence-electron chi connectivity index (χ4n) is 3.88. The van der Waals surface area contributed by atoms with Gasteiger partial charge in [0.25, 0.3) is 0 Å². The molecule has 0 aliphatic carbocycles. The first kappa shape index (κ1) is 26.4. The summed E-state index contributed by atoms with van der Waals surface area (Å²) in [6, 6.07) is 7.24. The third kappa shape index (κ3) is 8.60. The molecule has 176 valence electrons. The SMILES string of the molecule is C#Cc1cccc(NC(=O)CN=C(NCC)N2CCC(OCC3CCCCO3)CC2)c1.I. The van der Waals surface area contributed by atoms with Gasteiger partial charge in [-0.1, -0.05) is 12.0 Å². The molecule has 0 saturated carbocycles. The van der Waals surface area contributed by atoms with E-state index in [1.54, 1.807) is 6.07 Å². The summed E-state index contributed by atoms with van der Waals surface area (Å²) in [6.45, 7) is 6.10. The number of halogens is 1. The van der Waals surface area contributed by atoms with Crippen molar-refractivity contribution >= 4 is 41.5 Å². The molecule has 0 bridgehead atoms. The van der Waals surface area contributed by atoms with E-state index in [-0.39, 0.29) is 48.6 Å². The number of hydrogen-bond acceptors (Lipinski definition) is 4. The second kappa shape index (κ2) is 14.3. The number of likely N-dealkylation sites (tertiary alicyclic amines) is 1. The molecule has 8 heteroatoms. The number of benzene rings is 1. The van der Waals surface area contributed by atoms with E-state index in [0.29, 0.717) is 12.3 Å². The molecule has 0 aromatic heterocycles. The van der Waals surface area contributed by atoms with Crippen LogP contribution in [0.1, 0.15) is 44.6 Å². The van der Waals surface area contributed by atoms with Crippen LogP contribution in [-0.4, -0.2) is 68.4 Å². The van der Waals surface area contributed by atoms with Gasteiger partial charge in [0.15, 0.2) is 5.96 Å². The molecule has 1 unspecified atom stereocenters. The summed E-state index contributed by atoms with van der Waals surface area (Å²) in [5.41, 5.74) is 1.41. The van der Waals surface area contributed by atoms with E-state index in [1.165, 1.54) is 6.42 Å². The van der Waals surface area contributed by atoms with Gasteiger partial charge in [-0.2, -0.15) is 0 Å². The second-order valence-electron chi connectivity index (χ2n) is 7.95. The fraction of sp³-hybridized carbons (Fsp3) is 0.583. The third-order valence-electron chi connectivity index (χ3n) is 5.55. The lowest BCUT2D eigenvalue weighted by atomic mass is 10.1. The van der Waals surface area contributed by atoms with Crippen molar-refractivity contribution in [1.29, 1.82) is 0 Å². The maximum atomic E-state index is 12.3. The van der Waals surface area contributed by atoms with Gasteiger partial charge in [0.1, 0.15) is 6.54 Å². The molecule has 2 fully saturated rings. The first-order valence-corrected chi connectivity index (χ1v) is 11.3. The van der Waals surface area contributed by atoms with Crippen LogP contribution in [0.4, 0.5) is 5.69 Å². The number of amides is 1. The Labute approximate surface area is 208 Å². The smallest absolute Gasteiger partial charge is 0.246 e. The van der Waals surface area contributed by atoms with Crippen LogP contribution in [0.2, 0.25) is 0 Å². The molecule has 2 heterocycles. The highest BCUT2D eigenvalue weighted by Crippen LogP contribution is 2.18. The summed E-state index contributed by atoms with van der Waals surface area (Å²) >= 11 is 0. The minimum Gasteiger partial charge on any atom is -0.376 e. The largest absolute Gasteiger partial charge is 0.376 e. The molecule has 2 saturated heterocycles. The highest BCUT2D eigenvalue weighted by molar-refractivity contribution is 14.0. The average Bonchev–Trinajstić information content (AvgIpc) is 2.81. The lowest BCUT2D eigenvalue weighted by Crippen LogP contribution is -2.47. The van der Waals surface area contributed by atoms with Gasteiger partial charge in [-0.3, -0.25) is 4.79 Å². The zero-order chi connectivity index (χ0) is 21.9.